The van der Waals surface area contributed by atoms with Crippen LogP contribution in [0.1, 0.15) is 18.3 Å². The van der Waals surface area contributed by atoms with Gasteiger partial charge in [-0.15, -0.1) is 0 Å². The normalized spacial score (nSPS) is 10.8. The fraction of sp³-hybridized carbons (Fsp3) is 0.263. The van der Waals surface area contributed by atoms with Crippen LogP contribution in [0.4, 0.5) is 0 Å². The molecule has 0 aliphatic rings. The number of aryl methyl sites for hydroxylation is 1. The monoisotopic (exact) mass is 323 g/mol. The Hall–Kier alpha value is -2.82. The van der Waals surface area contributed by atoms with Crippen molar-refractivity contribution in [3.63, 3.8) is 0 Å². The van der Waals surface area contributed by atoms with Crippen molar-refractivity contribution >= 4 is 16.9 Å². The molecule has 0 atom stereocenters. The number of hydrogen-bond donors (Lipinski definition) is 1. The highest BCUT2D eigenvalue weighted by atomic mass is 16.5. The number of nitrogens with zero attached hydrogens (tertiary/aromatic N) is 2. The minimum Gasteiger partial charge on any atom is -0.496 e. The van der Waals surface area contributed by atoms with Gasteiger partial charge in [0.1, 0.15) is 18.1 Å². The second-order valence-corrected chi connectivity index (χ2v) is 5.55. The molecule has 124 valence electrons. The summed E-state index contributed by atoms with van der Waals surface area (Å²) in [5.41, 5.74) is 2.87. The molecular weight excluding hydrogens is 302 g/mol. The maximum absolute atomic E-state index is 12.4. The summed E-state index contributed by atoms with van der Waals surface area (Å²) in [6.45, 7) is 2.75. The zero-order valence-corrected chi connectivity index (χ0v) is 14.0. The van der Waals surface area contributed by atoms with Crippen molar-refractivity contribution in [2.24, 2.45) is 0 Å². The number of fused-ring (bicyclic) bond motifs is 1. The van der Waals surface area contributed by atoms with Crippen molar-refractivity contribution in [2.45, 2.75) is 26.4 Å². The molecule has 0 saturated heterocycles. The zero-order valence-electron chi connectivity index (χ0n) is 14.0. The van der Waals surface area contributed by atoms with Crippen molar-refractivity contribution in [1.82, 2.24) is 14.9 Å². The Morgan fingerprint density at radius 2 is 1.92 bits per heavy atom. The van der Waals surface area contributed by atoms with Gasteiger partial charge in [-0.05, 0) is 18.2 Å². The molecule has 24 heavy (non-hydrogen) atoms. The van der Waals surface area contributed by atoms with E-state index in [9.17, 15) is 4.79 Å². The van der Waals surface area contributed by atoms with Gasteiger partial charge in [-0.2, -0.15) is 0 Å². The number of para-hydroxylation sites is 3. The van der Waals surface area contributed by atoms with Gasteiger partial charge < -0.3 is 14.6 Å². The molecule has 1 amide bonds. The fourth-order valence-electron chi connectivity index (χ4n) is 2.81. The lowest BCUT2D eigenvalue weighted by Gasteiger charge is -2.11. The Morgan fingerprint density at radius 3 is 2.71 bits per heavy atom. The van der Waals surface area contributed by atoms with Gasteiger partial charge in [0.05, 0.1) is 18.1 Å². The Labute approximate surface area is 141 Å². The lowest BCUT2D eigenvalue weighted by molar-refractivity contribution is -0.121. The average Bonchev–Trinajstić information content (AvgIpc) is 2.98. The van der Waals surface area contributed by atoms with Crippen LogP contribution in [-0.4, -0.2) is 22.6 Å². The first-order valence-electron chi connectivity index (χ1n) is 8.05. The summed E-state index contributed by atoms with van der Waals surface area (Å²) in [4.78, 5) is 17.0. The summed E-state index contributed by atoms with van der Waals surface area (Å²) in [6, 6.07) is 15.6. The Balaban J connectivity index is 1.73. The van der Waals surface area contributed by atoms with Crippen molar-refractivity contribution in [1.29, 1.82) is 0 Å². The number of methoxy groups -OCH3 is 1. The van der Waals surface area contributed by atoms with Crippen molar-refractivity contribution < 1.29 is 9.53 Å². The molecule has 0 radical (unpaired) electrons. The smallest absolute Gasteiger partial charge is 0.240 e. The van der Waals surface area contributed by atoms with E-state index in [1.165, 1.54) is 0 Å². The Bertz CT molecular complexity index is 855. The van der Waals surface area contributed by atoms with E-state index < -0.39 is 0 Å². The van der Waals surface area contributed by atoms with Crippen LogP contribution >= 0.6 is 0 Å². The van der Waals surface area contributed by atoms with E-state index >= 15 is 0 Å². The molecule has 1 N–H and O–H groups in total. The number of nitrogens with one attached hydrogen (secondary N) is 1. The number of benzene rings is 2. The molecule has 0 saturated carbocycles. The highest BCUT2D eigenvalue weighted by molar-refractivity contribution is 5.81. The number of carbonyl (C=O) groups excluding carboxylic acids is 1. The molecule has 3 aromatic rings. The van der Waals surface area contributed by atoms with Gasteiger partial charge in [-0.1, -0.05) is 37.3 Å². The largest absolute Gasteiger partial charge is 0.496 e. The topological polar surface area (TPSA) is 56.2 Å². The van der Waals surface area contributed by atoms with Crippen LogP contribution in [0.3, 0.4) is 0 Å². The van der Waals surface area contributed by atoms with E-state index in [0.29, 0.717) is 6.54 Å². The molecule has 0 fully saturated rings. The molecule has 0 aliphatic heterocycles. The minimum absolute atomic E-state index is 0.0428. The predicted octanol–water partition coefficient (Wildman–Crippen LogP) is 2.92. The number of amides is 1. The van der Waals surface area contributed by atoms with Gasteiger partial charge in [0.25, 0.3) is 0 Å². The molecule has 1 heterocycles. The molecule has 0 unspecified atom stereocenters. The molecule has 5 nitrogen and oxygen atoms in total. The first-order valence-corrected chi connectivity index (χ1v) is 8.05. The highest BCUT2D eigenvalue weighted by Gasteiger charge is 2.12. The quantitative estimate of drug-likeness (QED) is 0.759. The van der Waals surface area contributed by atoms with Gasteiger partial charge in [0.2, 0.25) is 5.91 Å². The first kappa shape index (κ1) is 16.1. The summed E-state index contributed by atoms with van der Waals surface area (Å²) in [5.74, 6) is 1.66. The summed E-state index contributed by atoms with van der Waals surface area (Å²) in [6.07, 6.45) is 0.786. The third kappa shape index (κ3) is 3.25. The zero-order chi connectivity index (χ0) is 16.9. The molecule has 0 spiro atoms. The number of rotatable bonds is 6. The second kappa shape index (κ2) is 7.17. The van der Waals surface area contributed by atoms with Crippen LogP contribution in [0.5, 0.6) is 5.75 Å². The van der Waals surface area contributed by atoms with Crippen molar-refractivity contribution in [3.05, 3.63) is 59.9 Å². The Kier molecular flexibility index (Phi) is 4.79. The molecule has 2 aromatic carbocycles. The van der Waals surface area contributed by atoms with E-state index in [2.05, 4.69) is 10.3 Å². The van der Waals surface area contributed by atoms with Gasteiger partial charge >= 0.3 is 0 Å². The Morgan fingerprint density at radius 1 is 1.17 bits per heavy atom. The van der Waals surface area contributed by atoms with E-state index in [1.54, 1.807) is 7.11 Å². The predicted molar refractivity (Wildman–Crippen MR) is 94.0 cm³/mol. The standard InChI is InChI=1S/C19H21N3O2/c1-3-18-21-15-9-5-6-10-16(15)22(18)13-19(23)20-12-14-8-4-7-11-17(14)24-2/h4-11H,3,12-13H2,1-2H3,(H,20,23). The number of ether oxygens (including phenoxy) is 1. The maximum Gasteiger partial charge on any atom is 0.240 e. The van der Waals surface area contributed by atoms with E-state index in [0.717, 1.165) is 34.6 Å². The van der Waals surface area contributed by atoms with Gasteiger partial charge in [-0.3, -0.25) is 4.79 Å². The summed E-state index contributed by atoms with van der Waals surface area (Å²) >= 11 is 0. The maximum atomic E-state index is 12.4. The van der Waals surface area contributed by atoms with Crippen LogP contribution in [-0.2, 0) is 24.3 Å². The third-order valence-corrected chi connectivity index (χ3v) is 4.02. The molecule has 1 aromatic heterocycles. The lowest BCUT2D eigenvalue weighted by Crippen LogP contribution is -2.27. The van der Waals surface area contributed by atoms with Crippen LogP contribution in [0.25, 0.3) is 11.0 Å². The minimum atomic E-state index is -0.0428. The summed E-state index contributed by atoms with van der Waals surface area (Å²) in [5, 5.41) is 2.96. The summed E-state index contributed by atoms with van der Waals surface area (Å²) < 4.78 is 7.29. The third-order valence-electron chi connectivity index (χ3n) is 4.02. The number of carbonyl (C=O) groups is 1. The van der Waals surface area contributed by atoms with Gasteiger partial charge in [-0.25, -0.2) is 4.98 Å². The second-order valence-electron chi connectivity index (χ2n) is 5.55. The first-order chi connectivity index (χ1) is 11.7. The average molecular weight is 323 g/mol. The molecule has 3 rings (SSSR count). The van der Waals surface area contributed by atoms with Gasteiger partial charge in [0, 0.05) is 18.5 Å². The SMILES string of the molecule is CCc1nc2ccccc2n1CC(=O)NCc1ccccc1OC. The lowest BCUT2D eigenvalue weighted by atomic mass is 10.2. The van der Waals surface area contributed by atoms with Crippen LogP contribution < -0.4 is 10.1 Å². The van der Waals surface area contributed by atoms with Crippen LogP contribution in [0, 0.1) is 0 Å². The van der Waals surface area contributed by atoms with Crippen LogP contribution in [0.2, 0.25) is 0 Å². The number of imidazole rings is 1. The molecule has 5 heteroatoms. The molecule has 0 bridgehead atoms. The van der Waals surface area contributed by atoms with Crippen molar-refractivity contribution in [3.8, 4) is 5.75 Å². The van der Waals surface area contributed by atoms with Crippen molar-refractivity contribution in [2.75, 3.05) is 7.11 Å². The van der Waals surface area contributed by atoms with E-state index in [1.807, 2.05) is 60.0 Å². The number of aromatic nitrogens is 2. The van der Waals surface area contributed by atoms with E-state index in [4.69, 9.17) is 4.74 Å². The van der Waals surface area contributed by atoms with Gasteiger partial charge in [0.15, 0.2) is 0 Å². The van der Waals surface area contributed by atoms with E-state index in [-0.39, 0.29) is 12.5 Å². The summed E-state index contributed by atoms with van der Waals surface area (Å²) in [7, 11) is 1.63. The fourth-order valence-corrected chi connectivity index (χ4v) is 2.81. The van der Waals surface area contributed by atoms with Crippen LogP contribution in [0.15, 0.2) is 48.5 Å². The number of hydrogen-bond acceptors (Lipinski definition) is 3. The molecular formula is C19H21N3O2. The molecule has 0 aliphatic carbocycles. The highest BCUT2D eigenvalue weighted by Crippen LogP contribution is 2.18.